The van der Waals surface area contributed by atoms with Gasteiger partial charge in [0.1, 0.15) is 17.2 Å². The number of nitrogens with zero attached hydrogens (tertiary/aromatic N) is 1. The number of hydrogen-bond acceptors (Lipinski definition) is 1. The van der Waals surface area contributed by atoms with Crippen molar-refractivity contribution in [2.45, 2.75) is 96.9 Å². The summed E-state index contributed by atoms with van der Waals surface area (Å²) >= 11 is 0. The molecule has 0 saturated carbocycles. The zero-order chi connectivity index (χ0) is 14.7. The van der Waals surface area contributed by atoms with Gasteiger partial charge in [-0.05, 0) is 19.1 Å². The molecule has 0 bridgehead atoms. The van der Waals surface area contributed by atoms with Gasteiger partial charge in [0.25, 0.3) is 0 Å². The molecule has 0 spiro atoms. The fourth-order valence-electron chi connectivity index (χ4n) is 2.82. The Morgan fingerprint density at radius 3 is 1.89 bits per heavy atom. The molecular weight excluding hydrogens is 262 g/mol. The molecule has 0 N–H and O–H groups in total. The predicted octanol–water partition coefficient (Wildman–Crippen LogP) is 5.64. The Kier molecular flexibility index (Phi) is 11.3. The summed E-state index contributed by atoms with van der Waals surface area (Å²) in [6.45, 7) is 12.4. The second kappa shape index (κ2) is 11.1. The van der Waals surface area contributed by atoms with Crippen molar-refractivity contribution < 1.29 is 0 Å². The van der Waals surface area contributed by atoms with E-state index in [9.17, 15) is 0 Å². The lowest BCUT2D eigenvalue weighted by atomic mass is 10.2. The third-order valence-electron chi connectivity index (χ3n) is 4.73. The first kappa shape index (κ1) is 19.4. The summed E-state index contributed by atoms with van der Waals surface area (Å²) < 4.78 is 2.89. The monoisotopic (exact) mass is 301 g/mol. The van der Waals surface area contributed by atoms with E-state index in [-0.39, 0.29) is 0 Å². The van der Waals surface area contributed by atoms with Crippen LogP contribution in [0.15, 0.2) is 0 Å². The molecule has 0 aromatic rings. The van der Waals surface area contributed by atoms with Crippen LogP contribution in [0, 0.1) is 0 Å². The van der Waals surface area contributed by atoms with Crippen molar-refractivity contribution in [3.63, 3.8) is 0 Å². The molecule has 0 saturated heterocycles. The van der Waals surface area contributed by atoms with Crippen molar-refractivity contribution in [1.29, 1.82) is 0 Å². The predicted molar refractivity (Wildman–Crippen MR) is 96.2 cm³/mol. The molecule has 3 heteroatoms. The Balaban J connectivity index is 3.94. The van der Waals surface area contributed by atoms with Crippen molar-refractivity contribution in [2.24, 2.45) is 0 Å². The second-order valence-corrected chi connectivity index (χ2v) is 15.3. The molecule has 0 aliphatic carbocycles. The third-order valence-corrected chi connectivity index (χ3v) is 14.2. The summed E-state index contributed by atoms with van der Waals surface area (Å²) in [5.74, 6) is 0. The molecule has 0 aromatic carbocycles. The highest BCUT2D eigenvalue weighted by molar-refractivity contribution is 6.83. The molecule has 1 atom stereocenters. The summed E-state index contributed by atoms with van der Waals surface area (Å²) in [6.07, 6.45) is 11.4. The van der Waals surface area contributed by atoms with Crippen molar-refractivity contribution in [3.8, 4) is 0 Å². The normalized spacial score (nSPS) is 14.1. The van der Waals surface area contributed by atoms with Gasteiger partial charge in [0.05, 0.1) is 0 Å². The molecule has 0 aliphatic heterocycles. The Bertz CT molecular complexity index is 207. The lowest BCUT2D eigenvalue weighted by Crippen LogP contribution is -2.52. The summed E-state index contributed by atoms with van der Waals surface area (Å²) in [7, 11) is 0.726. The van der Waals surface area contributed by atoms with Crippen LogP contribution in [-0.2, 0) is 0 Å². The van der Waals surface area contributed by atoms with Crippen LogP contribution in [0.25, 0.3) is 0 Å². The molecular formula is C16H39NSi2. The van der Waals surface area contributed by atoms with E-state index in [1.807, 2.05) is 0 Å². The molecule has 0 aliphatic rings. The molecule has 0 aromatic heterocycles. The molecule has 0 radical (unpaired) electrons. The first-order valence-corrected chi connectivity index (χ1v) is 14.3. The number of unbranched alkanes of at least 4 members (excludes halogenated alkanes) is 6. The third kappa shape index (κ3) is 9.03. The Morgan fingerprint density at radius 2 is 1.37 bits per heavy atom. The minimum Gasteiger partial charge on any atom is -0.351 e. The summed E-state index contributed by atoms with van der Waals surface area (Å²) in [5.41, 5.74) is 0. The highest BCUT2D eigenvalue weighted by atomic mass is 28.4. The summed E-state index contributed by atoms with van der Waals surface area (Å²) in [5, 5.41) is 0. The SMILES string of the molecule is CCCCCC[SiH](C)N(C)[Si](C)(C)CCCCCC. The Morgan fingerprint density at radius 1 is 0.842 bits per heavy atom. The van der Waals surface area contributed by atoms with Gasteiger partial charge in [-0.3, -0.25) is 0 Å². The molecule has 1 unspecified atom stereocenters. The maximum Gasteiger partial charge on any atom is 0.115 e. The van der Waals surface area contributed by atoms with E-state index in [0.717, 1.165) is 0 Å². The van der Waals surface area contributed by atoms with Gasteiger partial charge < -0.3 is 4.23 Å². The van der Waals surface area contributed by atoms with E-state index >= 15 is 0 Å². The molecule has 116 valence electrons. The van der Waals surface area contributed by atoms with Gasteiger partial charge >= 0.3 is 0 Å². The standard InChI is InChI=1S/C16H39NSi2/c1-7-9-11-13-15-18(4)17(3)19(5,6)16-14-12-10-8-2/h18H,7-16H2,1-6H3. The van der Waals surface area contributed by atoms with Crippen LogP contribution in [0.2, 0.25) is 31.7 Å². The van der Waals surface area contributed by atoms with Crippen LogP contribution in [0.3, 0.4) is 0 Å². The average Bonchev–Trinajstić information content (AvgIpc) is 2.38. The fourth-order valence-corrected chi connectivity index (χ4v) is 11.1. The van der Waals surface area contributed by atoms with Gasteiger partial charge in [-0.15, -0.1) is 0 Å². The van der Waals surface area contributed by atoms with Crippen LogP contribution >= 0.6 is 0 Å². The van der Waals surface area contributed by atoms with E-state index < -0.39 is 17.2 Å². The van der Waals surface area contributed by atoms with Crippen LogP contribution < -0.4 is 0 Å². The lowest BCUT2D eigenvalue weighted by Gasteiger charge is -2.38. The Hall–Kier alpha value is 0.394. The van der Waals surface area contributed by atoms with Gasteiger partial charge in [-0.2, -0.15) is 0 Å². The van der Waals surface area contributed by atoms with Gasteiger partial charge in [0.15, 0.2) is 0 Å². The molecule has 19 heavy (non-hydrogen) atoms. The van der Waals surface area contributed by atoms with Crippen molar-refractivity contribution in [1.82, 2.24) is 4.23 Å². The molecule has 0 rings (SSSR count). The largest absolute Gasteiger partial charge is 0.351 e. The van der Waals surface area contributed by atoms with Crippen molar-refractivity contribution >= 4 is 17.2 Å². The lowest BCUT2D eigenvalue weighted by molar-refractivity contribution is 0.663. The molecule has 1 nitrogen and oxygen atoms in total. The minimum atomic E-state index is -1.09. The van der Waals surface area contributed by atoms with Gasteiger partial charge in [0.2, 0.25) is 0 Å². The minimum absolute atomic E-state index is 0.628. The van der Waals surface area contributed by atoms with Crippen LogP contribution in [0.4, 0.5) is 0 Å². The van der Waals surface area contributed by atoms with Crippen molar-refractivity contribution in [3.05, 3.63) is 0 Å². The summed E-state index contributed by atoms with van der Waals surface area (Å²) in [6, 6.07) is 3.04. The second-order valence-electron chi connectivity index (χ2n) is 6.93. The van der Waals surface area contributed by atoms with Crippen LogP contribution in [-0.4, -0.2) is 28.5 Å². The molecule has 0 amide bonds. The quantitative estimate of drug-likeness (QED) is 0.333. The van der Waals surface area contributed by atoms with Gasteiger partial charge in [-0.1, -0.05) is 84.9 Å². The summed E-state index contributed by atoms with van der Waals surface area (Å²) in [4.78, 5) is 0. The smallest absolute Gasteiger partial charge is 0.115 e. The van der Waals surface area contributed by atoms with E-state index in [0.29, 0.717) is 0 Å². The zero-order valence-electron chi connectivity index (χ0n) is 14.6. The molecule has 0 fully saturated rings. The van der Waals surface area contributed by atoms with Gasteiger partial charge in [0, 0.05) is 0 Å². The fraction of sp³-hybridized carbons (Fsp3) is 1.00. The topological polar surface area (TPSA) is 3.24 Å². The zero-order valence-corrected chi connectivity index (χ0v) is 16.8. The highest BCUT2D eigenvalue weighted by Gasteiger charge is 2.29. The highest BCUT2D eigenvalue weighted by Crippen LogP contribution is 2.21. The maximum atomic E-state index is 2.89. The van der Waals surface area contributed by atoms with E-state index in [4.69, 9.17) is 0 Å². The van der Waals surface area contributed by atoms with Gasteiger partial charge in [-0.25, -0.2) is 0 Å². The van der Waals surface area contributed by atoms with Crippen LogP contribution in [0.1, 0.15) is 65.2 Å². The Labute approximate surface area is 125 Å². The van der Waals surface area contributed by atoms with E-state index in [1.54, 1.807) is 0 Å². The number of hydrogen-bond donors (Lipinski definition) is 0. The first-order chi connectivity index (χ1) is 8.95. The first-order valence-electron chi connectivity index (χ1n) is 8.68. The average molecular weight is 302 g/mol. The van der Waals surface area contributed by atoms with E-state index in [1.165, 1.54) is 63.5 Å². The van der Waals surface area contributed by atoms with E-state index in [2.05, 4.69) is 44.8 Å². The molecule has 0 heterocycles. The number of rotatable bonds is 12. The van der Waals surface area contributed by atoms with Crippen LogP contribution in [0.5, 0.6) is 0 Å². The maximum absolute atomic E-state index is 2.89. The van der Waals surface area contributed by atoms with Crippen molar-refractivity contribution in [2.75, 3.05) is 7.05 Å².